The molecule has 0 aromatic heterocycles. The number of methoxy groups -OCH3 is 1. The van der Waals surface area contributed by atoms with Crippen LogP contribution in [0.1, 0.15) is 95.2 Å². The highest BCUT2D eigenvalue weighted by atomic mass is 16.5. The van der Waals surface area contributed by atoms with Gasteiger partial charge in [-0.25, -0.2) is 4.99 Å². The Morgan fingerprint density at radius 3 is 2.46 bits per heavy atom. The van der Waals surface area contributed by atoms with Crippen molar-refractivity contribution >= 4 is 23.3 Å². The Kier molecular flexibility index (Phi) is 8.35. The average Bonchev–Trinajstić information content (AvgIpc) is 2.90. The number of amidine groups is 1. The van der Waals surface area contributed by atoms with Crippen LogP contribution in [-0.2, 0) is 0 Å². The molecule has 0 saturated heterocycles. The Labute approximate surface area is 235 Å². The normalized spacial score (nSPS) is 18.6. The Bertz CT molecular complexity index is 1410. The first kappa shape index (κ1) is 27.0. The number of aliphatic imine (C=N–C) groups is 1. The number of fused-ring (bicyclic) bond motifs is 1. The molecule has 0 unspecified atom stereocenters. The highest BCUT2D eigenvalue weighted by Gasteiger charge is 2.32. The van der Waals surface area contributed by atoms with Crippen molar-refractivity contribution in [2.75, 3.05) is 7.11 Å². The van der Waals surface area contributed by atoms with E-state index in [4.69, 9.17) is 9.73 Å². The van der Waals surface area contributed by atoms with Crippen LogP contribution < -0.4 is 4.74 Å². The van der Waals surface area contributed by atoms with Crippen LogP contribution in [0.25, 0.3) is 11.8 Å². The number of nitrogens with zero attached hydrogens (tertiary/aromatic N) is 2. The van der Waals surface area contributed by atoms with Gasteiger partial charge < -0.3 is 4.74 Å². The van der Waals surface area contributed by atoms with Gasteiger partial charge in [-0.05, 0) is 106 Å². The molecule has 0 bridgehead atoms. The Hall–Kier alpha value is -3.59. The Balaban J connectivity index is 1.71. The summed E-state index contributed by atoms with van der Waals surface area (Å²) < 4.78 is 5.82. The molecular formula is C36H42N2O. The molecule has 3 aliphatic rings. The Morgan fingerprint density at radius 2 is 1.82 bits per heavy atom. The molecular weight excluding hydrogens is 476 g/mol. The smallest absolute Gasteiger partial charge is 0.138 e. The summed E-state index contributed by atoms with van der Waals surface area (Å²) in [5.74, 6) is 2.53. The first-order chi connectivity index (χ1) is 19.1. The van der Waals surface area contributed by atoms with Crippen LogP contribution in [0.5, 0.6) is 5.75 Å². The highest BCUT2D eigenvalue weighted by Crippen LogP contribution is 2.46. The van der Waals surface area contributed by atoms with E-state index in [0.29, 0.717) is 5.92 Å². The van der Waals surface area contributed by atoms with Gasteiger partial charge in [0.05, 0.1) is 24.2 Å². The lowest BCUT2D eigenvalue weighted by Gasteiger charge is -2.38. The summed E-state index contributed by atoms with van der Waals surface area (Å²) in [5, 5.41) is 0. The van der Waals surface area contributed by atoms with Crippen LogP contribution in [0.4, 0.5) is 5.69 Å². The van der Waals surface area contributed by atoms with E-state index in [2.05, 4.69) is 105 Å². The molecule has 2 aromatic rings. The molecule has 1 aliphatic heterocycles. The van der Waals surface area contributed by atoms with Gasteiger partial charge >= 0.3 is 0 Å². The second-order valence-electron chi connectivity index (χ2n) is 10.9. The van der Waals surface area contributed by atoms with E-state index in [0.717, 1.165) is 36.5 Å². The molecule has 0 amide bonds. The minimum atomic E-state index is 0.570. The number of para-hydroxylation sites is 1. The molecule has 0 radical (unpaired) electrons. The molecule has 202 valence electrons. The first-order valence-corrected chi connectivity index (χ1v) is 14.6. The largest absolute Gasteiger partial charge is 0.496 e. The zero-order valence-corrected chi connectivity index (χ0v) is 24.3. The third kappa shape index (κ3) is 5.32. The van der Waals surface area contributed by atoms with Crippen LogP contribution >= 0.6 is 0 Å². The standard InChI is InChI=1S/C36H42N2O/c1-6-8-14-26(4)35(25(3)7-2)38-33(37-31-21-10-9-20-30(31)36(38)29-18-12-19-29)24-23-28-17-13-22-32(39-5)34(28)27-15-11-16-27/h7-10,13-14,17,20-24,27H,6,11-12,15-16,18-19H2,1-5H3/b14-8+,24-23+,25-7-,35-26+. The fourth-order valence-electron chi connectivity index (χ4n) is 5.81. The SMILES string of the molecule is C\C=C(C)/C(=C(C)\C=C\CC)N1C(/C=C/c2cccc(OC)c2C2CCC2)=Nc2ccccc2C1=C1CCC1. The van der Waals surface area contributed by atoms with E-state index < -0.39 is 0 Å². The average molecular weight is 519 g/mol. The number of allylic oxidation sites excluding steroid dienone is 6. The lowest BCUT2D eigenvalue weighted by Crippen LogP contribution is -2.33. The van der Waals surface area contributed by atoms with E-state index in [1.165, 1.54) is 70.5 Å². The molecule has 1 heterocycles. The minimum Gasteiger partial charge on any atom is -0.496 e. The van der Waals surface area contributed by atoms with Gasteiger partial charge in [-0.2, -0.15) is 0 Å². The van der Waals surface area contributed by atoms with Crippen molar-refractivity contribution in [3.63, 3.8) is 0 Å². The molecule has 0 atom stereocenters. The summed E-state index contributed by atoms with van der Waals surface area (Å²) in [6.45, 7) is 8.78. The van der Waals surface area contributed by atoms with E-state index in [9.17, 15) is 0 Å². The van der Waals surface area contributed by atoms with E-state index in [1.54, 1.807) is 7.11 Å². The van der Waals surface area contributed by atoms with Crippen LogP contribution in [0.2, 0.25) is 0 Å². The molecule has 0 spiro atoms. The van der Waals surface area contributed by atoms with Crippen LogP contribution in [0.15, 0.2) is 94.2 Å². The highest BCUT2D eigenvalue weighted by molar-refractivity contribution is 6.08. The fourth-order valence-corrected chi connectivity index (χ4v) is 5.81. The van der Waals surface area contributed by atoms with Crippen molar-refractivity contribution in [2.45, 2.75) is 78.6 Å². The van der Waals surface area contributed by atoms with E-state index >= 15 is 0 Å². The summed E-state index contributed by atoms with van der Waals surface area (Å²) in [5.41, 5.74) is 11.4. The minimum absolute atomic E-state index is 0.570. The van der Waals surface area contributed by atoms with Crippen LogP contribution in [0.3, 0.4) is 0 Å². The summed E-state index contributed by atoms with van der Waals surface area (Å²) in [4.78, 5) is 7.73. The first-order valence-electron chi connectivity index (χ1n) is 14.6. The molecule has 3 nitrogen and oxygen atoms in total. The molecule has 2 saturated carbocycles. The number of hydrogen-bond acceptors (Lipinski definition) is 3. The van der Waals surface area contributed by atoms with Gasteiger partial charge in [-0.1, -0.05) is 68.0 Å². The molecule has 39 heavy (non-hydrogen) atoms. The van der Waals surface area contributed by atoms with Gasteiger partial charge in [-0.3, -0.25) is 4.90 Å². The summed E-state index contributed by atoms with van der Waals surface area (Å²) >= 11 is 0. The number of ether oxygens (including phenoxy) is 1. The van der Waals surface area contributed by atoms with E-state index in [1.807, 2.05) is 0 Å². The van der Waals surface area contributed by atoms with Crippen molar-refractivity contribution in [1.29, 1.82) is 0 Å². The number of hydrogen-bond donors (Lipinski definition) is 0. The second kappa shape index (κ2) is 12.1. The van der Waals surface area contributed by atoms with Crippen LogP contribution in [-0.4, -0.2) is 17.8 Å². The molecule has 5 rings (SSSR count). The van der Waals surface area contributed by atoms with Crippen molar-refractivity contribution < 1.29 is 4.74 Å². The maximum Gasteiger partial charge on any atom is 0.138 e. The van der Waals surface area contributed by atoms with Crippen molar-refractivity contribution in [3.05, 3.63) is 106 Å². The third-order valence-electron chi connectivity index (χ3n) is 8.39. The zero-order chi connectivity index (χ0) is 27.4. The number of rotatable bonds is 8. The molecule has 0 N–H and O–H groups in total. The molecule has 2 aliphatic carbocycles. The Morgan fingerprint density at radius 1 is 1.03 bits per heavy atom. The zero-order valence-electron chi connectivity index (χ0n) is 24.3. The summed E-state index contributed by atoms with van der Waals surface area (Å²) in [7, 11) is 1.79. The van der Waals surface area contributed by atoms with Gasteiger partial charge in [-0.15, -0.1) is 0 Å². The lowest BCUT2D eigenvalue weighted by molar-refractivity contribution is 0.373. The molecule has 2 fully saturated rings. The van der Waals surface area contributed by atoms with Crippen LogP contribution in [0, 0.1) is 0 Å². The van der Waals surface area contributed by atoms with Crippen molar-refractivity contribution in [2.24, 2.45) is 4.99 Å². The maximum absolute atomic E-state index is 5.82. The van der Waals surface area contributed by atoms with Gasteiger partial charge in [0.25, 0.3) is 0 Å². The lowest BCUT2D eigenvalue weighted by atomic mass is 9.77. The predicted octanol–water partition coefficient (Wildman–Crippen LogP) is 10.1. The van der Waals surface area contributed by atoms with Gasteiger partial charge in [0.15, 0.2) is 0 Å². The monoisotopic (exact) mass is 518 g/mol. The van der Waals surface area contributed by atoms with Crippen molar-refractivity contribution in [1.82, 2.24) is 4.90 Å². The topological polar surface area (TPSA) is 24.8 Å². The summed E-state index contributed by atoms with van der Waals surface area (Å²) in [6, 6.07) is 15.1. The van der Waals surface area contributed by atoms with Gasteiger partial charge in [0, 0.05) is 11.1 Å². The predicted molar refractivity (Wildman–Crippen MR) is 166 cm³/mol. The van der Waals surface area contributed by atoms with E-state index in [-0.39, 0.29) is 0 Å². The third-order valence-corrected chi connectivity index (χ3v) is 8.39. The quantitative estimate of drug-likeness (QED) is 0.325. The van der Waals surface area contributed by atoms with Crippen molar-refractivity contribution in [3.8, 4) is 5.75 Å². The maximum atomic E-state index is 5.82. The van der Waals surface area contributed by atoms with Gasteiger partial charge in [0.1, 0.15) is 11.6 Å². The molecule has 2 aromatic carbocycles. The second-order valence-corrected chi connectivity index (χ2v) is 10.9. The summed E-state index contributed by atoms with van der Waals surface area (Å²) in [6.07, 6.45) is 19.5. The molecule has 3 heteroatoms. The number of benzene rings is 2. The van der Waals surface area contributed by atoms with Gasteiger partial charge in [0.2, 0.25) is 0 Å². The fraction of sp³-hybridized carbons (Fsp3) is 0.361.